The zero-order valence-corrected chi connectivity index (χ0v) is 16.5. The van der Waals surface area contributed by atoms with E-state index in [1.165, 1.54) is 18.3 Å². The van der Waals surface area contributed by atoms with Crippen molar-refractivity contribution in [2.45, 2.75) is 17.9 Å². The minimum atomic E-state index is -4.23. The number of aryl methyl sites for hydroxylation is 1. The number of ether oxygens (including phenoxy) is 1. The number of para-hydroxylation sites is 1. The number of rotatable bonds is 4. The minimum absolute atomic E-state index is 0. The Labute approximate surface area is 163 Å². The molecule has 1 saturated heterocycles. The van der Waals surface area contributed by atoms with Crippen LogP contribution in [0, 0.1) is 18.6 Å². The number of sulfonamides is 1. The first-order valence-electron chi connectivity index (χ1n) is 8.17. The number of nitrogens with one attached hydrogen (secondary N) is 1. The molecule has 1 heterocycles. The van der Waals surface area contributed by atoms with E-state index in [-0.39, 0.29) is 24.5 Å². The Kier molecular flexibility index (Phi) is 6.80. The van der Waals surface area contributed by atoms with Crippen LogP contribution >= 0.6 is 12.4 Å². The van der Waals surface area contributed by atoms with E-state index >= 15 is 0 Å². The van der Waals surface area contributed by atoms with E-state index in [9.17, 15) is 17.2 Å². The van der Waals surface area contributed by atoms with Crippen LogP contribution in [0.15, 0.2) is 41.3 Å². The molecule has 5 nitrogen and oxygen atoms in total. The first-order valence-corrected chi connectivity index (χ1v) is 9.61. The van der Waals surface area contributed by atoms with Crippen molar-refractivity contribution >= 4 is 22.4 Å². The summed E-state index contributed by atoms with van der Waals surface area (Å²) < 4.78 is 61.0. The molecule has 0 saturated carbocycles. The van der Waals surface area contributed by atoms with Gasteiger partial charge in [-0.1, -0.05) is 18.2 Å². The van der Waals surface area contributed by atoms with Crippen LogP contribution in [0.3, 0.4) is 0 Å². The highest BCUT2D eigenvalue weighted by Crippen LogP contribution is 2.34. The zero-order valence-electron chi connectivity index (χ0n) is 14.9. The lowest BCUT2D eigenvalue weighted by molar-refractivity contribution is 0.263. The van der Waals surface area contributed by atoms with E-state index in [0.717, 1.165) is 12.1 Å². The first kappa shape index (κ1) is 21.6. The molecule has 0 aliphatic carbocycles. The van der Waals surface area contributed by atoms with Crippen LogP contribution in [0.2, 0.25) is 0 Å². The van der Waals surface area contributed by atoms with Crippen molar-refractivity contribution in [2.24, 2.45) is 0 Å². The molecule has 0 amide bonds. The van der Waals surface area contributed by atoms with Crippen LogP contribution in [-0.2, 0) is 10.0 Å². The SMILES string of the molecule is COc1ccccc1C1CNCCN1S(=O)(=O)c1cc(F)c(C)cc1F.Cl. The lowest BCUT2D eigenvalue weighted by Crippen LogP contribution is -2.48. The molecule has 1 fully saturated rings. The summed E-state index contributed by atoms with van der Waals surface area (Å²) in [6, 6.07) is 8.14. The zero-order chi connectivity index (χ0) is 18.9. The van der Waals surface area contributed by atoms with Gasteiger partial charge in [-0.05, 0) is 30.7 Å². The van der Waals surface area contributed by atoms with Gasteiger partial charge in [-0.2, -0.15) is 4.31 Å². The Morgan fingerprint density at radius 2 is 1.89 bits per heavy atom. The number of hydrogen-bond donors (Lipinski definition) is 1. The standard InChI is InChI=1S/C18H20F2N2O3S.ClH/c1-12-9-15(20)18(10-14(12)19)26(23,24)22-8-7-21-11-16(22)13-5-3-4-6-17(13)25-2;/h3-6,9-10,16,21H,7-8,11H2,1-2H3;1H. The van der Waals surface area contributed by atoms with Gasteiger partial charge < -0.3 is 10.1 Å². The molecule has 1 aliphatic rings. The molecule has 1 N–H and O–H groups in total. The van der Waals surface area contributed by atoms with Gasteiger partial charge >= 0.3 is 0 Å². The molecule has 2 aromatic rings. The maximum atomic E-state index is 14.3. The van der Waals surface area contributed by atoms with Gasteiger partial charge in [0, 0.05) is 25.2 Å². The normalized spacial score (nSPS) is 18.0. The van der Waals surface area contributed by atoms with Crippen LogP contribution in [0.4, 0.5) is 8.78 Å². The molecule has 1 aliphatic heterocycles. The molecule has 27 heavy (non-hydrogen) atoms. The van der Waals surface area contributed by atoms with Crippen LogP contribution < -0.4 is 10.1 Å². The molecule has 0 aromatic heterocycles. The van der Waals surface area contributed by atoms with Crippen molar-refractivity contribution < 1.29 is 21.9 Å². The lowest BCUT2D eigenvalue weighted by Gasteiger charge is -2.36. The van der Waals surface area contributed by atoms with E-state index in [1.807, 2.05) is 0 Å². The molecule has 0 spiro atoms. The Morgan fingerprint density at radius 3 is 2.59 bits per heavy atom. The van der Waals surface area contributed by atoms with Gasteiger partial charge in [-0.25, -0.2) is 17.2 Å². The molecule has 0 radical (unpaired) electrons. The van der Waals surface area contributed by atoms with Gasteiger partial charge in [0.2, 0.25) is 10.0 Å². The first-order chi connectivity index (χ1) is 12.4. The predicted molar refractivity (Wildman–Crippen MR) is 101 cm³/mol. The highest BCUT2D eigenvalue weighted by Gasteiger charge is 2.37. The average molecular weight is 419 g/mol. The average Bonchev–Trinajstić information content (AvgIpc) is 2.64. The summed E-state index contributed by atoms with van der Waals surface area (Å²) in [4.78, 5) is -0.651. The monoisotopic (exact) mass is 418 g/mol. The quantitative estimate of drug-likeness (QED) is 0.829. The lowest BCUT2D eigenvalue weighted by atomic mass is 10.0. The number of nitrogens with zero attached hydrogens (tertiary/aromatic N) is 1. The van der Waals surface area contributed by atoms with E-state index in [4.69, 9.17) is 4.74 Å². The summed E-state index contributed by atoms with van der Waals surface area (Å²) in [5.74, 6) is -1.17. The van der Waals surface area contributed by atoms with Crippen LogP contribution in [0.5, 0.6) is 5.75 Å². The highest BCUT2D eigenvalue weighted by molar-refractivity contribution is 7.89. The van der Waals surface area contributed by atoms with Gasteiger partial charge in [0.15, 0.2) is 0 Å². The molecule has 1 unspecified atom stereocenters. The third-order valence-corrected chi connectivity index (χ3v) is 6.42. The predicted octanol–water partition coefficient (Wildman–Crippen LogP) is 3.04. The molecule has 2 aromatic carbocycles. The second-order valence-corrected chi connectivity index (χ2v) is 7.97. The second kappa shape index (κ2) is 8.52. The van der Waals surface area contributed by atoms with Crippen LogP contribution in [-0.4, -0.2) is 39.5 Å². The second-order valence-electron chi connectivity index (χ2n) is 6.11. The fourth-order valence-electron chi connectivity index (χ4n) is 3.13. The molecule has 0 bridgehead atoms. The molecule has 1 atom stereocenters. The number of benzene rings is 2. The number of piperazine rings is 1. The Balaban J connectivity index is 0.00000261. The molecule has 9 heteroatoms. The summed E-state index contributed by atoms with van der Waals surface area (Å²) in [5, 5.41) is 3.14. The van der Waals surface area contributed by atoms with E-state index in [1.54, 1.807) is 24.3 Å². The smallest absolute Gasteiger partial charge is 0.246 e. The Morgan fingerprint density at radius 1 is 1.19 bits per heavy atom. The van der Waals surface area contributed by atoms with Crippen molar-refractivity contribution in [1.29, 1.82) is 0 Å². The van der Waals surface area contributed by atoms with Gasteiger partial charge in [0.05, 0.1) is 13.2 Å². The number of halogens is 3. The highest BCUT2D eigenvalue weighted by atomic mass is 35.5. The maximum absolute atomic E-state index is 14.3. The fraction of sp³-hybridized carbons (Fsp3) is 0.333. The van der Waals surface area contributed by atoms with Gasteiger partial charge in [-0.15, -0.1) is 12.4 Å². The Bertz CT molecular complexity index is 925. The topological polar surface area (TPSA) is 58.6 Å². The summed E-state index contributed by atoms with van der Waals surface area (Å²) in [5.41, 5.74) is 0.724. The van der Waals surface area contributed by atoms with E-state index in [2.05, 4.69) is 5.32 Å². The fourth-order valence-corrected chi connectivity index (χ4v) is 4.80. The van der Waals surface area contributed by atoms with E-state index < -0.39 is 32.6 Å². The summed E-state index contributed by atoms with van der Waals surface area (Å²) in [7, 11) is -2.73. The summed E-state index contributed by atoms with van der Waals surface area (Å²) >= 11 is 0. The largest absolute Gasteiger partial charge is 0.496 e. The number of hydrogen-bond acceptors (Lipinski definition) is 4. The van der Waals surface area contributed by atoms with Crippen LogP contribution in [0.25, 0.3) is 0 Å². The van der Waals surface area contributed by atoms with Crippen molar-refractivity contribution in [3.63, 3.8) is 0 Å². The van der Waals surface area contributed by atoms with Crippen LogP contribution in [0.1, 0.15) is 17.2 Å². The van der Waals surface area contributed by atoms with Crippen molar-refractivity contribution in [3.8, 4) is 5.75 Å². The third-order valence-electron chi connectivity index (χ3n) is 4.49. The van der Waals surface area contributed by atoms with Crippen molar-refractivity contribution in [1.82, 2.24) is 9.62 Å². The van der Waals surface area contributed by atoms with Gasteiger partial charge in [-0.3, -0.25) is 0 Å². The van der Waals surface area contributed by atoms with Crippen molar-refractivity contribution in [3.05, 3.63) is 59.2 Å². The molecular weight excluding hydrogens is 398 g/mol. The minimum Gasteiger partial charge on any atom is -0.496 e. The molecular formula is C18H21ClF2N2O3S. The van der Waals surface area contributed by atoms with Crippen molar-refractivity contribution in [2.75, 3.05) is 26.7 Å². The summed E-state index contributed by atoms with van der Waals surface area (Å²) in [6.45, 7) is 2.29. The maximum Gasteiger partial charge on any atom is 0.246 e. The molecule has 3 rings (SSSR count). The summed E-state index contributed by atoms with van der Waals surface area (Å²) in [6.07, 6.45) is 0. The van der Waals surface area contributed by atoms with Gasteiger partial charge in [0.1, 0.15) is 22.3 Å². The van der Waals surface area contributed by atoms with E-state index in [0.29, 0.717) is 24.4 Å². The van der Waals surface area contributed by atoms with Gasteiger partial charge in [0.25, 0.3) is 0 Å². The number of methoxy groups -OCH3 is 1. The Hall–Kier alpha value is -1.74. The third kappa shape index (κ3) is 4.08. The molecule has 148 valence electrons.